The van der Waals surface area contributed by atoms with Gasteiger partial charge in [-0.1, -0.05) is 12.1 Å². The number of methoxy groups -OCH3 is 1. The number of hydrogen-bond donors (Lipinski definition) is 1. The molecule has 1 amide bonds. The highest BCUT2D eigenvalue weighted by Crippen LogP contribution is 2.44. The first-order valence-electron chi connectivity index (χ1n) is 9.01. The van der Waals surface area contributed by atoms with Gasteiger partial charge in [0.25, 0.3) is 0 Å². The molecule has 0 unspecified atom stereocenters. The number of carbonyl (C=O) groups excluding carboxylic acids is 1. The molecule has 1 N–H and O–H groups in total. The van der Waals surface area contributed by atoms with Gasteiger partial charge in [-0.15, -0.1) is 12.4 Å². The summed E-state index contributed by atoms with van der Waals surface area (Å²) in [6.45, 7) is 4.33. The van der Waals surface area contributed by atoms with Crippen LogP contribution in [0.2, 0.25) is 0 Å². The Bertz CT molecular complexity index is 589. The van der Waals surface area contributed by atoms with Crippen molar-refractivity contribution in [2.24, 2.45) is 17.8 Å². The molecule has 3 saturated heterocycles. The van der Waals surface area contributed by atoms with E-state index in [4.69, 9.17) is 9.47 Å². The van der Waals surface area contributed by atoms with Crippen molar-refractivity contribution in [2.75, 3.05) is 40.0 Å². The zero-order chi connectivity index (χ0) is 16.5. The fraction of sp³-hybridized carbons (Fsp3) is 0.632. The van der Waals surface area contributed by atoms with Gasteiger partial charge in [-0.2, -0.15) is 0 Å². The monoisotopic (exact) mass is 366 g/mol. The first kappa shape index (κ1) is 18.5. The second-order valence-corrected chi connectivity index (χ2v) is 7.18. The summed E-state index contributed by atoms with van der Waals surface area (Å²) in [7, 11) is 1.68. The Morgan fingerprint density at radius 2 is 1.92 bits per heavy atom. The molecule has 5 nitrogen and oxygen atoms in total. The van der Waals surface area contributed by atoms with Crippen molar-refractivity contribution in [3.63, 3.8) is 0 Å². The molecule has 1 aromatic rings. The molecule has 3 aliphatic rings. The molecule has 0 aliphatic carbocycles. The van der Waals surface area contributed by atoms with Gasteiger partial charge >= 0.3 is 0 Å². The topological polar surface area (TPSA) is 50.8 Å². The third-order valence-corrected chi connectivity index (χ3v) is 5.88. The predicted octanol–water partition coefficient (Wildman–Crippen LogP) is 2.26. The van der Waals surface area contributed by atoms with Crippen LogP contribution < -0.4 is 10.1 Å². The molecule has 0 saturated carbocycles. The summed E-state index contributed by atoms with van der Waals surface area (Å²) in [5, 5.41) is 3.50. The second-order valence-electron chi connectivity index (χ2n) is 7.18. The number of ether oxygens (including phenoxy) is 2. The number of halogens is 1. The molecule has 3 atom stereocenters. The van der Waals surface area contributed by atoms with Crippen molar-refractivity contribution < 1.29 is 14.3 Å². The first-order valence-corrected chi connectivity index (χ1v) is 9.01. The van der Waals surface area contributed by atoms with Crippen LogP contribution in [0.1, 0.15) is 24.4 Å². The van der Waals surface area contributed by atoms with Gasteiger partial charge in [0.15, 0.2) is 0 Å². The maximum absolute atomic E-state index is 13.2. The first-order chi connectivity index (χ1) is 11.8. The Hall–Kier alpha value is -1.30. The Balaban J connectivity index is 0.00000182. The summed E-state index contributed by atoms with van der Waals surface area (Å²) >= 11 is 0. The second kappa shape index (κ2) is 7.94. The van der Waals surface area contributed by atoms with Crippen LogP contribution in [0.4, 0.5) is 0 Å². The molecule has 3 fully saturated rings. The van der Waals surface area contributed by atoms with Crippen LogP contribution in [0.15, 0.2) is 24.3 Å². The van der Waals surface area contributed by atoms with Crippen LogP contribution in [-0.4, -0.2) is 50.8 Å². The highest BCUT2D eigenvalue weighted by Gasteiger charge is 2.47. The summed E-state index contributed by atoms with van der Waals surface area (Å²) in [6.07, 6.45) is 1.72. The molecule has 4 rings (SSSR count). The van der Waals surface area contributed by atoms with Gasteiger partial charge in [0.1, 0.15) is 5.75 Å². The van der Waals surface area contributed by atoms with E-state index in [1.165, 1.54) is 5.56 Å². The smallest absolute Gasteiger partial charge is 0.226 e. The lowest BCUT2D eigenvalue weighted by atomic mass is 9.89. The highest BCUT2D eigenvalue weighted by atomic mass is 35.5. The van der Waals surface area contributed by atoms with Crippen LogP contribution >= 0.6 is 12.4 Å². The van der Waals surface area contributed by atoms with E-state index in [0.717, 1.165) is 38.2 Å². The van der Waals surface area contributed by atoms with E-state index < -0.39 is 0 Å². The van der Waals surface area contributed by atoms with E-state index >= 15 is 0 Å². The Labute approximate surface area is 155 Å². The molecule has 25 heavy (non-hydrogen) atoms. The average molecular weight is 367 g/mol. The molecule has 3 heterocycles. The molecule has 6 heteroatoms. The molecule has 138 valence electrons. The standard InChI is InChI=1S/C19H26N2O3.ClH/c1-23-16-4-2-13(3-5-16)18-17-11-20-10-15(17)12-21(18)19(22)14-6-8-24-9-7-14;/h2-5,14-15,17-18,20H,6-12H2,1H3;1H/t15-,17-,18-;/m0./s1. The van der Waals surface area contributed by atoms with Crippen LogP contribution in [0, 0.1) is 17.8 Å². The van der Waals surface area contributed by atoms with Gasteiger partial charge in [-0.25, -0.2) is 0 Å². The number of hydrogen-bond acceptors (Lipinski definition) is 4. The van der Waals surface area contributed by atoms with Crippen LogP contribution in [0.3, 0.4) is 0 Å². The number of carbonyl (C=O) groups is 1. The fourth-order valence-electron chi connectivity index (χ4n) is 4.55. The van der Waals surface area contributed by atoms with E-state index in [-0.39, 0.29) is 24.4 Å². The molecule has 0 spiro atoms. The minimum atomic E-state index is 0. The molecular formula is C19H27ClN2O3. The van der Waals surface area contributed by atoms with E-state index in [2.05, 4.69) is 22.3 Å². The summed E-state index contributed by atoms with van der Waals surface area (Å²) < 4.78 is 10.7. The van der Waals surface area contributed by atoms with Crippen LogP contribution in [-0.2, 0) is 9.53 Å². The lowest BCUT2D eigenvalue weighted by molar-refractivity contribution is -0.140. The lowest BCUT2D eigenvalue weighted by Gasteiger charge is -2.33. The van der Waals surface area contributed by atoms with E-state index in [1.54, 1.807) is 7.11 Å². The SMILES string of the molecule is COc1ccc([C@H]2[C@H]3CNC[C@H]3CN2C(=O)C2CCOCC2)cc1.Cl. The third kappa shape index (κ3) is 3.50. The largest absolute Gasteiger partial charge is 0.497 e. The number of benzene rings is 1. The molecule has 0 aromatic heterocycles. The molecule has 0 radical (unpaired) electrons. The summed E-state index contributed by atoms with van der Waals surface area (Å²) in [5.41, 5.74) is 1.23. The highest BCUT2D eigenvalue weighted by molar-refractivity contribution is 5.85. The number of likely N-dealkylation sites (tertiary alicyclic amines) is 1. The van der Waals surface area contributed by atoms with Gasteiger partial charge in [-0.3, -0.25) is 4.79 Å². The Kier molecular flexibility index (Phi) is 5.87. The quantitative estimate of drug-likeness (QED) is 0.891. The molecule has 0 bridgehead atoms. The molecule has 1 aromatic carbocycles. The van der Waals surface area contributed by atoms with Crippen LogP contribution in [0.5, 0.6) is 5.75 Å². The Morgan fingerprint density at radius 1 is 1.20 bits per heavy atom. The molecular weight excluding hydrogens is 340 g/mol. The minimum absolute atomic E-state index is 0. The van der Waals surface area contributed by atoms with Crippen molar-refractivity contribution in [1.82, 2.24) is 10.2 Å². The summed E-state index contributed by atoms with van der Waals surface area (Å²) in [6, 6.07) is 8.43. The van der Waals surface area contributed by atoms with Crippen LogP contribution in [0.25, 0.3) is 0 Å². The van der Waals surface area contributed by atoms with Gasteiger partial charge in [0.05, 0.1) is 13.2 Å². The summed E-state index contributed by atoms with van der Waals surface area (Å²) in [4.78, 5) is 15.3. The third-order valence-electron chi connectivity index (χ3n) is 5.88. The van der Waals surface area contributed by atoms with E-state index in [9.17, 15) is 4.79 Å². The van der Waals surface area contributed by atoms with Crippen molar-refractivity contribution in [3.05, 3.63) is 29.8 Å². The normalized spacial score (nSPS) is 29.2. The maximum atomic E-state index is 13.2. The van der Waals surface area contributed by atoms with Gasteiger partial charge in [0, 0.05) is 44.7 Å². The van der Waals surface area contributed by atoms with Gasteiger partial charge in [-0.05, 0) is 36.5 Å². The van der Waals surface area contributed by atoms with Crippen molar-refractivity contribution in [2.45, 2.75) is 18.9 Å². The number of nitrogens with one attached hydrogen (secondary N) is 1. The number of nitrogens with zero attached hydrogens (tertiary/aromatic N) is 1. The Morgan fingerprint density at radius 3 is 2.60 bits per heavy atom. The molecule has 3 aliphatic heterocycles. The van der Waals surface area contributed by atoms with Crippen molar-refractivity contribution in [1.29, 1.82) is 0 Å². The zero-order valence-electron chi connectivity index (χ0n) is 14.6. The minimum Gasteiger partial charge on any atom is -0.497 e. The van der Waals surface area contributed by atoms with Gasteiger partial charge in [0.2, 0.25) is 5.91 Å². The zero-order valence-corrected chi connectivity index (χ0v) is 15.5. The van der Waals surface area contributed by atoms with Gasteiger partial charge < -0.3 is 19.7 Å². The number of amides is 1. The number of fused-ring (bicyclic) bond motifs is 1. The fourth-order valence-corrected chi connectivity index (χ4v) is 4.55. The average Bonchev–Trinajstić information content (AvgIpc) is 3.23. The predicted molar refractivity (Wildman–Crippen MR) is 98.1 cm³/mol. The summed E-state index contributed by atoms with van der Waals surface area (Å²) in [5.74, 6) is 2.41. The van der Waals surface area contributed by atoms with E-state index in [0.29, 0.717) is 31.0 Å². The van der Waals surface area contributed by atoms with Crippen molar-refractivity contribution >= 4 is 18.3 Å². The maximum Gasteiger partial charge on any atom is 0.226 e. The lowest BCUT2D eigenvalue weighted by Crippen LogP contribution is -2.40. The number of rotatable bonds is 3. The van der Waals surface area contributed by atoms with Crippen molar-refractivity contribution in [3.8, 4) is 5.75 Å². The van der Waals surface area contributed by atoms with E-state index in [1.807, 2.05) is 12.1 Å².